The quantitative estimate of drug-likeness (QED) is 0.890. The number of ether oxygens (including phenoxy) is 1. The summed E-state index contributed by atoms with van der Waals surface area (Å²) in [4.78, 5) is 0. The molecular formula is C17H18ClNO. The Bertz CT molecular complexity index is 595. The van der Waals surface area contributed by atoms with E-state index < -0.39 is 0 Å². The van der Waals surface area contributed by atoms with E-state index in [0.29, 0.717) is 6.10 Å². The van der Waals surface area contributed by atoms with Gasteiger partial charge in [0.05, 0.1) is 12.1 Å². The molecule has 1 atom stereocenters. The first-order valence-corrected chi connectivity index (χ1v) is 7.33. The van der Waals surface area contributed by atoms with Crippen LogP contribution in [0, 0.1) is 0 Å². The van der Waals surface area contributed by atoms with E-state index in [1.165, 1.54) is 18.4 Å². The molecule has 2 aromatic rings. The number of halogens is 1. The highest BCUT2D eigenvalue weighted by molar-refractivity contribution is 6.30. The molecule has 0 aliphatic heterocycles. The van der Waals surface area contributed by atoms with E-state index in [1.54, 1.807) is 0 Å². The molecule has 1 aliphatic carbocycles. The van der Waals surface area contributed by atoms with Gasteiger partial charge < -0.3 is 10.1 Å². The molecule has 1 aliphatic rings. The van der Waals surface area contributed by atoms with Gasteiger partial charge in [0, 0.05) is 5.02 Å². The van der Waals surface area contributed by atoms with Crippen LogP contribution in [0.3, 0.4) is 0 Å². The zero-order valence-electron chi connectivity index (χ0n) is 11.5. The number of hydrogen-bond donors (Lipinski definition) is 1. The first-order chi connectivity index (χ1) is 9.76. The summed E-state index contributed by atoms with van der Waals surface area (Å²) < 4.78 is 5.87. The van der Waals surface area contributed by atoms with Crippen LogP contribution < -0.4 is 10.1 Å². The van der Waals surface area contributed by atoms with Crippen molar-refractivity contribution >= 4 is 11.6 Å². The number of hydrogen-bond acceptors (Lipinski definition) is 2. The van der Waals surface area contributed by atoms with E-state index in [1.807, 2.05) is 37.4 Å². The molecule has 20 heavy (non-hydrogen) atoms. The van der Waals surface area contributed by atoms with Gasteiger partial charge in [0.1, 0.15) is 5.75 Å². The lowest BCUT2D eigenvalue weighted by atomic mass is 9.99. The van der Waals surface area contributed by atoms with Crippen molar-refractivity contribution in [3.8, 4) is 5.75 Å². The minimum atomic E-state index is 0.122. The Hall–Kier alpha value is -1.51. The van der Waals surface area contributed by atoms with Crippen molar-refractivity contribution in [1.82, 2.24) is 5.32 Å². The molecule has 104 valence electrons. The highest BCUT2D eigenvalue weighted by Crippen LogP contribution is 2.30. The lowest BCUT2D eigenvalue weighted by Gasteiger charge is -2.18. The number of rotatable bonds is 5. The molecule has 3 heteroatoms. The Labute approximate surface area is 124 Å². The van der Waals surface area contributed by atoms with Gasteiger partial charge in [-0.15, -0.1) is 0 Å². The maximum atomic E-state index is 6.09. The van der Waals surface area contributed by atoms with Crippen LogP contribution in [0.1, 0.15) is 30.0 Å². The van der Waals surface area contributed by atoms with Gasteiger partial charge >= 0.3 is 0 Å². The molecule has 0 bridgehead atoms. The molecule has 3 rings (SSSR count). The molecule has 1 saturated carbocycles. The van der Waals surface area contributed by atoms with Gasteiger partial charge in [-0.05, 0) is 55.3 Å². The molecule has 0 spiro atoms. The summed E-state index contributed by atoms with van der Waals surface area (Å²) in [5, 5.41) is 4.10. The average molecular weight is 288 g/mol. The molecule has 0 aromatic heterocycles. The average Bonchev–Trinajstić information content (AvgIpc) is 3.24. The van der Waals surface area contributed by atoms with Crippen molar-refractivity contribution in [2.75, 3.05) is 7.05 Å². The highest BCUT2D eigenvalue weighted by Gasteiger charge is 2.23. The van der Waals surface area contributed by atoms with Crippen molar-refractivity contribution in [3.63, 3.8) is 0 Å². The van der Waals surface area contributed by atoms with E-state index in [4.69, 9.17) is 16.3 Å². The number of benzene rings is 2. The smallest absolute Gasteiger partial charge is 0.120 e. The highest BCUT2D eigenvalue weighted by atomic mass is 35.5. The molecule has 0 saturated heterocycles. The summed E-state index contributed by atoms with van der Waals surface area (Å²) in [6, 6.07) is 16.4. The normalized spacial score (nSPS) is 15.9. The Balaban J connectivity index is 1.88. The zero-order valence-corrected chi connectivity index (χ0v) is 12.2. The third kappa shape index (κ3) is 3.14. The molecule has 1 fully saturated rings. The van der Waals surface area contributed by atoms with Crippen molar-refractivity contribution in [1.29, 1.82) is 0 Å². The van der Waals surface area contributed by atoms with Crippen LogP contribution in [0.4, 0.5) is 0 Å². The molecule has 0 heterocycles. The van der Waals surface area contributed by atoms with E-state index in [-0.39, 0.29) is 6.04 Å². The van der Waals surface area contributed by atoms with Crippen LogP contribution in [0.2, 0.25) is 5.02 Å². The maximum absolute atomic E-state index is 6.09. The van der Waals surface area contributed by atoms with E-state index >= 15 is 0 Å². The van der Waals surface area contributed by atoms with Gasteiger partial charge in [-0.2, -0.15) is 0 Å². The van der Waals surface area contributed by atoms with Gasteiger partial charge in [-0.1, -0.05) is 35.9 Å². The monoisotopic (exact) mass is 287 g/mol. The molecule has 0 amide bonds. The van der Waals surface area contributed by atoms with E-state index in [2.05, 4.69) is 23.5 Å². The van der Waals surface area contributed by atoms with E-state index in [0.717, 1.165) is 16.3 Å². The third-order valence-electron chi connectivity index (χ3n) is 3.49. The van der Waals surface area contributed by atoms with Crippen LogP contribution in [-0.4, -0.2) is 13.2 Å². The molecule has 1 N–H and O–H groups in total. The second-order valence-electron chi connectivity index (χ2n) is 5.17. The Kier molecular flexibility index (Phi) is 3.95. The molecule has 0 radical (unpaired) electrons. The Morgan fingerprint density at radius 2 is 1.80 bits per heavy atom. The largest absolute Gasteiger partial charge is 0.490 e. The lowest BCUT2D eigenvalue weighted by molar-refractivity contribution is 0.302. The summed E-state index contributed by atoms with van der Waals surface area (Å²) in [5.41, 5.74) is 2.34. The minimum absolute atomic E-state index is 0.122. The van der Waals surface area contributed by atoms with Crippen LogP contribution in [0.15, 0.2) is 48.5 Å². The molecule has 2 nitrogen and oxygen atoms in total. The Morgan fingerprint density at radius 1 is 1.10 bits per heavy atom. The van der Waals surface area contributed by atoms with Crippen molar-refractivity contribution in [2.45, 2.75) is 25.0 Å². The molecule has 1 unspecified atom stereocenters. The molecule has 2 aromatic carbocycles. The topological polar surface area (TPSA) is 21.3 Å². The third-order valence-corrected chi connectivity index (χ3v) is 3.72. The SMILES string of the molecule is CNC(c1cccc(Cl)c1)c1cccc(OC2CC2)c1. The summed E-state index contributed by atoms with van der Waals surface area (Å²) in [5.74, 6) is 0.951. The van der Waals surface area contributed by atoms with Crippen LogP contribution >= 0.6 is 11.6 Å². The fourth-order valence-corrected chi connectivity index (χ4v) is 2.56. The fourth-order valence-electron chi connectivity index (χ4n) is 2.36. The van der Waals surface area contributed by atoms with Gasteiger partial charge in [-0.25, -0.2) is 0 Å². The standard InChI is InChI=1S/C17H18ClNO/c1-19-17(12-4-2-6-14(18)10-12)13-5-3-7-16(11-13)20-15-8-9-15/h2-7,10-11,15,17,19H,8-9H2,1H3. The van der Waals surface area contributed by atoms with Crippen LogP contribution in [0.5, 0.6) is 5.75 Å². The van der Waals surface area contributed by atoms with Gasteiger partial charge in [0.2, 0.25) is 0 Å². The fraction of sp³-hybridized carbons (Fsp3) is 0.294. The second kappa shape index (κ2) is 5.86. The van der Waals surface area contributed by atoms with Crippen molar-refractivity contribution < 1.29 is 4.74 Å². The summed E-state index contributed by atoms with van der Waals surface area (Å²) in [6.07, 6.45) is 2.77. The lowest BCUT2D eigenvalue weighted by Crippen LogP contribution is -2.17. The minimum Gasteiger partial charge on any atom is -0.490 e. The van der Waals surface area contributed by atoms with Crippen molar-refractivity contribution in [2.24, 2.45) is 0 Å². The predicted octanol–water partition coefficient (Wildman–Crippen LogP) is 4.19. The van der Waals surface area contributed by atoms with Gasteiger partial charge in [0.25, 0.3) is 0 Å². The van der Waals surface area contributed by atoms with Gasteiger partial charge in [0.15, 0.2) is 0 Å². The zero-order chi connectivity index (χ0) is 13.9. The van der Waals surface area contributed by atoms with Crippen LogP contribution in [-0.2, 0) is 0 Å². The second-order valence-corrected chi connectivity index (χ2v) is 5.60. The maximum Gasteiger partial charge on any atom is 0.120 e. The van der Waals surface area contributed by atoms with Gasteiger partial charge in [-0.3, -0.25) is 0 Å². The summed E-state index contributed by atoms with van der Waals surface area (Å²) in [6.45, 7) is 0. The molecular weight excluding hydrogens is 270 g/mol. The summed E-state index contributed by atoms with van der Waals surface area (Å²) >= 11 is 6.09. The first kappa shape index (κ1) is 13.5. The summed E-state index contributed by atoms with van der Waals surface area (Å²) in [7, 11) is 1.96. The predicted molar refractivity (Wildman–Crippen MR) is 82.4 cm³/mol. The van der Waals surface area contributed by atoms with Crippen molar-refractivity contribution in [3.05, 3.63) is 64.7 Å². The van der Waals surface area contributed by atoms with Crippen LogP contribution in [0.25, 0.3) is 0 Å². The first-order valence-electron chi connectivity index (χ1n) is 6.95. The van der Waals surface area contributed by atoms with E-state index in [9.17, 15) is 0 Å². The Morgan fingerprint density at radius 3 is 2.45 bits per heavy atom. The number of nitrogens with one attached hydrogen (secondary N) is 1.